The number of rotatable bonds is 3. The molecular weight excluding hydrogens is 252 g/mol. The minimum absolute atomic E-state index is 0.280. The van der Waals surface area contributed by atoms with Gasteiger partial charge in [-0.25, -0.2) is 0 Å². The molecule has 2 aromatic rings. The van der Waals surface area contributed by atoms with Crippen LogP contribution in [0.1, 0.15) is 27.2 Å². The van der Waals surface area contributed by atoms with Gasteiger partial charge in [-0.3, -0.25) is 9.78 Å². The summed E-state index contributed by atoms with van der Waals surface area (Å²) in [4.78, 5) is 16.1. The highest BCUT2D eigenvalue weighted by molar-refractivity contribution is 5.98. The van der Waals surface area contributed by atoms with Crippen LogP contribution in [0.5, 0.6) is 0 Å². The number of anilines is 1. The molecule has 0 aliphatic carbocycles. The van der Waals surface area contributed by atoms with Gasteiger partial charge in [0, 0.05) is 24.1 Å². The predicted molar refractivity (Wildman–Crippen MR) is 75.7 cm³/mol. The van der Waals surface area contributed by atoms with Crippen LogP contribution in [0, 0.1) is 18.3 Å². The fraction of sp³-hybridized carbons (Fsp3) is 0.133. The van der Waals surface area contributed by atoms with E-state index in [1.54, 1.807) is 24.3 Å². The normalized spacial score (nSPS) is 9.80. The lowest BCUT2D eigenvalue weighted by molar-refractivity contribution is 0.0951. The summed E-state index contributed by atoms with van der Waals surface area (Å²) in [6.07, 6.45) is 1.46. The number of nitriles is 1. The molecule has 5 heteroatoms. The van der Waals surface area contributed by atoms with E-state index in [0.717, 1.165) is 11.3 Å². The minimum Gasteiger partial charge on any atom is -0.398 e. The molecule has 0 saturated carbocycles. The van der Waals surface area contributed by atoms with Crippen molar-refractivity contribution in [3.63, 3.8) is 0 Å². The number of nitrogen functional groups attached to an aromatic ring is 1. The molecular formula is C15H14N4O. The van der Waals surface area contributed by atoms with Crippen molar-refractivity contribution in [2.75, 3.05) is 5.73 Å². The average Bonchev–Trinajstić information content (AvgIpc) is 2.45. The molecule has 1 amide bonds. The molecule has 0 unspecified atom stereocenters. The number of hydrogen-bond donors (Lipinski definition) is 2. The molecule has 100 valence electrons. The summed E-state index contributed by atoms with van der Waals surface area (Å²) in [6, 6.07) is 10.8. The monoisotopic (exact) mass is 266 g/mol. The van der Waals surface area contributed by atoms with Gasteiger partial charge in [-0.15, -0.1) is 0 Å². The van der Waals surface area contributed by atoms with Gasteiger partial charge in [0.1, 0.15) is 0 Å². The quantitative estimate of drug-likeness (QED) is 0.885. The van der Waals surface area contributed by atoms with Crippen molar-refractivity contribution in [1.29, 1.82) is 5.26 Å². The van der Waals surface area contributed by atoms with Crippen LogP contribution in [0.4, 0.5) is 5.69 Å². The van der Waals surface area contributed by atoms with E-state index in [4.69, 9.17) is 11.0 Å². The van der Waals surface area contributed by atoms with E-state index in [9.17, 15) is 4.79 Å². The van der Waals surface area contributed by atoms with E-state index >= 15 is 0 Å². The summed E-state index contributed by atoms with van der Waals surface area (Å²) in [7, 11) is 0. The molecule has 1 aromatic heterocycles. The number of nitrogens with zero attached hydrogens (tertiary/aromatic N) is 2. The van der Waals surface area contributed by atoms with Gasteiger partial charge in [0.05, 0.1) is 17.2 Å². The summed E-state index contributed by atoms with van der Waals surface area (Å²) >= 11 is 0. The van der Waals surface area contributed by atoms with Crippen LogP contribution in [-0.2, 0) is 6.54 Å². The molecule has 0 atom stereocenters. The maximum Gasteiger partial charge on any atom is 0.255 e. The zero-order chi connectivity index (χ0) is 14.5. The SMILES string of the molecule is Cc1cc(N)c(C(=O)NCc2cccc(C#N)c2)cn1. The molecule has 0 fully saturated rings. The summed E-state index contributed by atoms with van der Waals surface area (Å²) < 4.78 is 0. The first kappa shape index (κ1) is 13.6. The first-order chi connectivity index (χ1) is 9.60. The Bertz CT molecular complexity index is 689. The summed E-state index contributed by atoms with van der Waals surface area (Å²) in [6.45, 7) is 2.15. The largest absolute Gasteiger partial charge is 0.398 e. The number of aryl methyl sites for hydroxylation is 1. The highest BCUT2D eigenvalue weighted by Crippen LogP contribution is 2.11. The Morgan fingerprint density at radius 2 is 2.25 bits per heavy atom. The van der Waals surface area contributed by atoms with E-state index < -0.39 is 0 Å². The molecule has 0 aliphatic rings. The van der Waals surface area contributed by atoms with Crippen molar-refractivity contribution >= 4 is 11.6 Å². The van der Waals surface area contributed by atoms with Crippen LogP contribution in [0.3, 0.4) is 0 Å². The third-order valence-corrected chi connectivity index (χ3v) is 2.83. The number of benzene rings is 1. The number of amides is 1. The molecule has 0 spiro atoms. The maximum absolute atomic E-state index is 12.0. The fourth-order valence-electron chi connectivity index (χ4n) is 1.80. The second-order valence-electron chi connectivity index (χ2n) is 4.41. The Hall–Kier alpha value is -2.87. The number of carbonyl (C=O) groups excluding carboxylic acids is 1. The average molecular weight is 266 g/mol. The first-order valence-electron chi connectivity index (χ1n) is 6.09. The smallest absolute Gasteiger partial charge is 0.255 e. The zero-order valence-electron chi connectivity index (χ0n) is 11.1. The van der Waals surface area contributed by atoms with Crippen LogP contribution >= 0.6 is 0 Å². The van der Waals surface area contributed by atoms with Crippen molar-refractivity contribution in [2.24, 2.45) is 0 Å². The second-order valence-corrected chi connectivity index (χ2v) is 4.41. The lowest BCUT2D eigenvalue weighted by Crippen LogP contribution is -2.24. The second kappa shape index (κ2) is 5.85. The Morgan fingerprint density at radius 1 is 1.45 bits per heavy atom. The van der Waals surface area contributed by atoms with Gasteiger partial charge in [-0.2, -0.15) is 5.26 Å². The molecule has 1 aromatic carbocycles. The molecule has 0 aliphatic heterocycles. The molecule has 3 N–H and O–H groups in total. The van der Waals surface area contributed by atoms with Crippen molar-refractivity contribution in [2.45, 2.75) is 13.5 Å². The molecule has 0 saturated heterocycles. The lowest BCUT2D eigenvalue weighted by atomic mass is 10.1. The molecule has 2 rings (SSSR count). The van der Waals surface area contributed by atoms with Gasteiger partial charge in [0.15, 0.2) is 0 Å². The fourth-order valence-corrected chi connectivity index (χ4v) is 1.80. The van der Waals surface area contributed by atoms with Crippen molar-refractivity contribution in [1.82, 2.24) is 10.3 Å². The maximum atomic E-state index is 12.0. The molecule has 5 nitrogen and oxygen atoms in total. The Balaban J connectivity index is 2.07. The van der Waals surface area contributed by atoms with Crippen LogP contribution in [0.25, 0.3) is 0 Å². The molecule has 0 radical (unpaired) electrons. The highest BCUT2D eigenvalue weighted by atomic mass is 16.1. The Kier molecular flexibility index (Phi) is 3.96. The van der Waals surface area contributed by atoms with Gasteiger partial charge >= 0.3 is 0 Å². The summed E-state index contributed by atoms with van der Waals surface area (Å²) in [5.41, 5.74) is 8.74. The van der Waals surface area contributed by atoms with Crippen LogP contribution in [0.2, 0.25) is 0 Å². The van der Waals surface area contributed by atoms with Crippen LogP contribution in [0.15, 0.2) is 36.5 Å². The Labute approximate surface area is 117 Å². The third-order valence-electron chi connectivity index (χ3n) is 2.83. The minimum atomic E-state index is -0.280. The molecule has 20 heavy (non-hydrogen) atoms. The number of aromatic nitrogens is 1. The van der Waals surface area contributed by atoms with E-state index in [1.807, 2.05) is 13.0 Å². The number of hydrogen-bond acceptors (Lipinski definition) is 4. The van der Waals surface area contributed by atoms with Crippen molar-refractivity contribution in [3.8, 4) is 6.07 Å². The van der Waals surface area contributed by atoms with Crippen molar-refractivity contribution in [3.05, 3.63) is 58.9 Å². The van der Waals surface area contributed by atoms with Gasteiger partial charge in [0.25, 0.3) is 5.91 Å². The summed E-state index contributed by atoms with van der Waals surface area (Å²) in [5, 5.41) is 11.6. The third kappa shape index (κ3) is 3.12. The predicted octanol–water partition coefficient (Wildman–Crippen LogP) is 1.77. The van der Waals surface area contributed by atoms with Crippen molar-refractivity contribution < 1.29 is 4.79 Å². The number of nitrogens with one attached hydrogen (secondary N) is 1. The van der Waals surface area contributed by atoms with E-state index in [-0.39, 0.29) is 5.91 Å². The van der Waals surface area contributed by atoms with E-state index in [0.29, 0.717) is 23.4 Å². The van der Waals surface area contributed by atoms with E-state index in [1.165, 1.54) is 6.20 Å². The number of carbonyl (C=O) groups is 1. The van der Waals surface area contributed by atoms with Gasteiger partial charge < -0.3 is 11.1 Å². The van der Waals surface area contributed by atoms with Crippen LogP contribution < -0.4 is 11.1 Å². The van der Waals surface area contributed by atoms with E-state index in [2.05, 4.69) is 16.4 Å². The molecule has 0 bridgehead atoms. The number of nitrogens with two attached hydrogens (primary N) is 1. The Morgan fingerprint density at radius 3 is 2.95 bits per heavy atom. The lowest BCUT2D eigenvalue weighted by Gasteiger charge is -2.08. The van der Waals surface area contributed by atoms with Gasteiger partial charge in [-0.05, 0) is 30.7 Å². The number of pyridine rings is 1. The highest BCUT2D eigenvalue weighted by Gasteiger charge is 2.10. The summed E-state index contributed by atoms with van der Waals surface area (Å²) in [5.74, 6) is -0.280. The standard InChI is InChI=1S/C15H14N4O/c1-10-5-14(17)13(9-18-10)15(20)19-8-12-4-2-3-11(6-12)7-16/h2-6,9H,8H2,1H3,(H2,17,18)(H,19,20). The molecule has 1 heterocycles. The van der Waals surface area contributed by atoms with Gasteiger partial charge in [0.2, 0.25) is 0 Å². The van der Waals surface area contributed by atoms with Crippen LogP contribution in [-0.4, -0.2) is 10.9 Å². The first-order valence-corrected chi connectivity index (χ1v) is 6.09. The van der Waals surface area contributed by atoms with Gasteiger partial charge in [-0.1, -0.05) is 12.1 Å². The zero-order valence-corrected chi connectivity index (χ0v) is 11.1. The topological polar surface area (TPSA) is 91.8 Å².